The summed E-state index contributed by atoms with van der Waals surface area (Å²) in [5.74, 6) is 1.51. The number of hydrogen-bond donors (Lipinski definition) is 1. The van der Waals surface area contributed by atoms with Crippen LogP contribution in [0.5, 0.6) is 5.75 Å². The zero-order valence-corrected chi connectivity index (χ0v) is 11.8. The molecule has 0 amide bonds. The molecule has 2 aromatic rings. The van der Waals surface area contributed by atoms with Crippen molar-refractivity contribution in [1.29, 1.82) is 0 Å². The molecule has 0 spiro atoms. The summed E-state index contributed by atoms with van der Waals surface area (Å²) in [6, 6.07) is 7.32. The van der Waals surface area contributed by atoms with Crippen molar-refractivity contribution in [3.05, 3.63) is 29.3 Å². The highest BCUT2D eigenvalue weighted by Crippen LogP contribution is 2.18. The molecule has 0 saturated carbocycles. The van der Waals surface area contributed by atoms with E-state index in [0.29, 0.717) is 24.7 Å². The summed E-state index contributed by atoms with van der Waals surface area (Å²) < 4.78 is 7.26. The van der Waals surface area contributed by atoms with Crippen molar-refractivity contribution >= 4 is 23.4 Å². The summed E-state index contributed by atoms with van der Waals surface area (Å²) in [5, 5.41) is 12.8. The quantitative estimate of drug-likeness (QED) is 0.616. The van der Waals surface area contributed by atoms with Gasteiger partial charge in [0.2, 0.25) is 5.16 Å². The van der Waals surface area contributed by atoms with Crippen LogP contribution in [0.1, 0.15) is 0 Å². The molecule has 0 saturated heterocycles. The first-order valence-electron chi connectivity index (χ1n) is 5.77. The third-order valence-electron chi connectivity index (χ3n) is 2.22. The molecule has 8 heteroatoms. The van der Waals surface area contributed by atoms with Gasteiger partial charge in [-0.05, 0) is 28.6 Å². The fraction of sp³-hybridized carbons (Fsp3) is 0.364. The maximum Gasteiger partial charge on any atom is 0.209 e. The highest BCUT2D eigenvalue weighted by atomic mass is 35.5. The van der Waals surface area contributed by atoms with E-state index in [4.69, 9.17) is 22.1 Å². The smallest absolute Gasteiger partial charge is 0.209 e. The van der Waals surface area contributed by atoms with Gasteiger partial charge < -0.3 is 10.5 Å². The normalized spacial score (nSPS) is 10.6. The van der Waals surface area contributed by atoms with Gasteiger partial charge in [-0.15, -0.1) is 5.10 Å². The largest absolute Gasteiger partial charge is 0.493 e. The number of aromatic nitrogens is 4. The molecule has 1 aromatic heterocycles. The monoisotopic (exact) mass is 299 g/mol. The summed E-state index contributed by atoms with van der Waals surface area (Å²) in [7, 11) is 0. The van der Waals surface area contributed by atoms with Gasteiger partial charge in [0.25, 0.3) is 0 Å². The van der Waals surface area contributed by atoms with Crippen LogP contribution in [0.4, 0.5) is 0 Å². The Morgan fingerprint density at radius 3 is 3.11 bits per heavy atom. The average molecular weight is 300 g/mol. The molecule has 2 N–H and O–H groups in total. The van der Waals surface area contributed by atoms with Crippen LogP contribution in [0.15, 0.2) is 29.4 Å². The molecular formula is C11H14ClN5OS. The lowest BCUT2D eigenvalue weighted by molar-refractivity contribution is 0.344. The zero-order chi connectivity index (χ0) is 13.5. The van der Waals surface area contributed by atoms with E-state index in [-0.39, 0.29) is 0 Å². The van der Waals surface area contributed by atoms with E-state index in [2.05, 4.69) is 15.5 Å². The Hall–Kier alpha value is -1.31. The zero-order valence-electron chi connectivity index (χ0n) is 10.2. The maximum absolute atomic E-state index is 5.87. The number of tetrazole rings is 1. The van der Waals surface area contributed by atoms with Crippen LogP contribution in [0.3, 0.4) is 0 Å². The van der Waals surface area contributed by atoms with Gasteiger partial charge in [-0.25, -0.2) is 4.68 Å². The van der Waals surface area contributed by atoms with Crippen molar-refractivity contribution in [2.24, 2.45) is 5.73 Å². The Balaban J connectivity index is 1.76. The van der Waals surface area contributed by atoms with E-state index in [1.54, 1.807) is 10.7 Å². The van der Waals surface area contributed by atoms with E-state index in [1.807, 2.05) is 18.2 Å². The van der Waals surface area contributed by atoms with E-state index in [1.165, 1.54) is 11.8 Å². The first kappa shape index (κ1) is 14.1. The fourth-order valence-corrected chi connectivity index (χ4v) is 2.31. The Bertz CT molecular complexity index is 521. The number of nitrogens with two attached hydrogens (primary N) is 1. The molecule has 1 heterocycles. The number of nitrogens with zero attached hydrogens (tertiary/aromatic N) is 4. The molecule has 102 valence electrons. The van der Waals surface area contributed by atoms with E-state index >= 15 is 0 Å². The molecule has 0 fully saturated rings. The lowest BCUT2D eigenvalue weighted by Crippen LogP contribution is -2.12. The summed E-state index contributed by atoms with van der Waals surface area (Å²) in [6.07, 6.45) is 0. The topological polar surface area (TPSA) is 78.9 Å². The molecule has 0 aliphatic rings. The highest BCUT2D eigenvalue weighted by Gasteiger charge is 2.05. The van der Waals surface area contributed by atoms with Gasteiger partial charge in [0.05, 0.1) is 13.2 Å². The second kappa shape index (κ2) is 7.32. The molecule has 19 heavy (non-hydrogen) atoms. The Labute approximate surface area is 120 Å². The van der Waals surface area contributed by atoms with Gasteiger partial charge in [-0.3, -0.25) is 0 Å². The first-order valence-corrected chi connectivity index (χ1v) is 7.13. The van der Waals surface area contributed by atoms with Crippen molar-refractivity contribution in [2.75, 3.05) is 18.9 Å². The van der Waals surface area contributed by atoms with Crippen molar-refractivity contribution in [3.63, 3.8) is 0 Å². The number of halogens is 1. The summed E-state index contributed by atoms with van der Waals surface area (Å²) in [5.41, 5.74) is 5.47. The fourth-order valence-electron chi connectivity index (χ4n) is 1.41. The van der Waals surface area contributed by atoms with Crippen LogP contribution in [-0.4, -0.2) is 39.1 Å². The van der Waals surface area contributed by atoms with Gasteiger partial charge in [-0.2, -0.15) is 0 Å². The third kappa shape index (κ3) is 4.38. The number of benzene rings is 1. The minimum absolute atomic E-state index is 0.512. The highest BCUT2D eigenvalue weighted by molar-refractivity contribution is 7.99. The van der Waals surface area contributed by atoms with Crippen molar-refractivity contribution in [2.45, 2.75) is 11.7 Å². The molecule has 0 unspecified atom stereocenters. The second-order valence-corrected chi connectivity index (χ2v) is 5.13. The van der Waals surface area contributed by atoms with Gasteiger partial charge >= 0.3 is 0 Å². The van der Waals surface area contributed by atoms with Crippen LogP contribution >= 0.6 is 23.4 Å². The number of thioether (sulfide) groups is 1. The van der Waals surface area contributed by atoms with Gasteiger partial charge in [0.15, 0.2) is 0 Å². The number of ether oxygens (including phenoxy) is 1. The van der Waals surface area contributed by atoms with Crippen LogP contribution in [0, 0.1) is 0 Å². The average Bonchev–Trinajstić information content (AvgIpc) is 2.83. The number of rotatable bonds is 7. The predicted molar refractivity (Wildman–Crippen MR) is 74.5 cm³/mol. The predicted octanol–water partition coefficient (Wildman–Crippen LogP) is 1.46. The second-order valence-electron chi connectivity index (χ2n) is 3.63. The molecule has 1 aromatic carbocycles. The molecular weight excluding hydrogens is 286 g/mol. The number of hydrogen-bond acceptors (Lipinski definition) is 6. The first-order chi connectivity index (χ1) is 9.29. The van der Waals surface area contributed by atoms with Crippen LogP contribution in [0.25, 0.3) is 0 Å². The third-order valence-corrected chi connectivity index (χ3v) is 3.38. The molecule has 0 aliphatic heterocycles. The standard InChI is InChI=1S/C11H14ClN5OS/c12-9-2-1-3-10(8-9)18-6-7-19-11-14-15-16-17(11)5-4-13/h1-3,8H,4-7,13H2. The molecule has 2 rings (SSSR count). The Morgan fingerprint density at radius 2 is 2.32 bits per heavy atom. The molecule has 0 bridgehead atoms. The lowest BCUT2D eigenvalue weighted by atomic mass is 10.3. The van der Waals surface area contributed by atoms with E-state index in [9.17, 15) is 0 Å². The van der Waals surface area contributed by atoms with Crippen molar-refractivity contribution in [3.8, 4) is 5.75 Å². The van der Waals surface area contributed by atoms with Crippen molar-refractivity contribution in [1.82, 2.24) is 20.2 Å². The van der Waals surface area contributed by atoms with E-state index in [0.717, 1.165) is 16.7 Å². The van der Waals surface area contributed by atoms with E-state index < -0.39 is 0 Å². The maximum atomic E-state index is 5.87. The summed E-state index contributed by atoms with van der Waals surface area (Å²) in [4.78, 5) is 0. The van der Waals surface area contributed by atoms with Gasteiger partial charge in [0.1, 0.15) is 5.75 Å². The van der Waals surface area contributed by atoms with Crippen LogP contribution in [-0.2, 0) is 6.54 Å². The minimum Gasteiger partial charge on any atom is -0.493 e. The van der Waals surface area contributed by atoms with Gasteiger partial charge in [0, 0.05) is 17.3 Å². The molecule has 6 nitrogen and oxygen atoms in total. The minimum atomic E-state index is 0.512. The summed E-state index contributed by atoms with van der Waals surface area (Å²) >= 11 is 7.40. The molecule has 0 atom stereocenters. The summed E-state index contributed by atoms with van der Waals surface area (Å²) in [6.45, 7) is 1.68. The Morgan fingerprint density at radius 1 is 1.42 bits per heavy atom. The lowest BCUT2D eigenvalue weighted by Gasteiger charge is -2.06. The molecule has 0 radical (unpaired) electrons. The van der Waals surface area contributed by atoms with Gasteiger partial charge in [-0.1, -0.05) is 29.4 Å². The van der Waals surface area contributed by atoms with Crippen LogP contribution < -0.4 is 10.5 Å². The SMILES string of the molecule is NCCn1nnnc1SCCOc1cccc(Cl)c1. The Kier molecular flexibility index (Phi) is 5.44. The molecule has 0 aliphatic carbocycles. The van der Waals surface area contributed by atoms with Crippen molar-refractivity contribution < 1.29 is 4.74 Å². The van der Waals surface area contributed by atoms with Crippen LogP contribution in [0.2, 0.25) is 5.02 Å².